The Kier molecular flexibility index (Phi) is 9.04. The number of aryl methyl sites for hydroxylation is 1. The molecule has 4 heteroatoms. The highest BCUT2D eigenvalue weighted by atomic mass is 35.5. The van der Waals surface area contributed by atoms with Crippen LogP contribution >= 0.6 is 12.4 Å². The summed E-state index contributed by atoms with van der Waals surface area (Å²) in [6.07, 6.45) is 3.22. The first kappa shape index (κ1) is 16.4. The van der Waals surface area contributed by atoms with Gasteiger partial charge in [0.25, 0.3) is 0 Å². The van der Waals surface area contributed by atoms with E-state index in [0.29, 0.717) is 6.10 Å². The molecule has 0 aliphatic carbocycles. The van der Waals surface area contributed by atoms with Crippen molar-refractivity contribution in [3.63, 3.8) is 0 Å². The smallest absolute Gasteiger partial charge is 0.0518 e. The quantitative estimate of drug-likeness (QED) is 0.764. The molecule has 17 heavy (non-hydrogen) atoms. The summed E-state index contributed by atoms with van der Waals surface area (Å²) in [5, 5.41) is 3.40. The third-order valence-corrected chi connectivity index (χ3v) is 2.38. The summed E-state index contributed by atoms with van der Waals surface area (Å²) in [6, 6.07) is 4.09. The summed E-state index contributed by atoms with van der Waals surface area (Å²) < 4.78 is 5.47. The standard InChI is InChI=1S/C13H22N2O.ClH/c1-11(2)16-9-5-7-14-10-13-6-4-8-15-12(13)3;/h4,6,8,11,14H,5,7,9-10H2,1-3H3;1H. The van der Waals surface area contributed by atoms with E-state index in [0.717, 1.165) is 31.8 Å². The maximum atomic E-state index is 5.47. The van der Waals surface area contributed by atoms with Crippen molar-refractivity contribution >= 4 is 12.4 Å². The molecule has 0 aliphatic rings. The Bertz CT molecular complexity index is 305. The molecule has 0 saturated heterocycles. The second kappa shape index (κ2) is 9.40. The van der Waals surface area contributed by atoms with Gasteiger partial charge >= 0.3 is 0 Å². The van der Waals surface area contributed by atoms with E-state index < -0.39 is 0 Å². The van der Waals surface area contributed by atoms with Crippen LogP contribution in [0.5, 0.6) is 0 Å². The minimum atomic E-state index is 0. The van der Waals surface area contributed by atoms with Crippen LogP contribution in [-0.2, 0) is 11.3 Å². The second-order valence-corrected chi connectivity index (χ2v) is 4.20. The zero-order valence-corrected chi connectivity index (χ0v) is 11.7. The molecule has 1 N–H and O–H groups in total. The van der Waals surface area contributed by atoms with Crippen LogP contribution in [0.3, 0.4) is 0 Å². The van der Waals surface area contributed by atoms with Gasteiger partial charge in [0.2, 0.25) is 0 Å². The Morgan fingerprint density at radius 2 is 2.18 bits per heavy atom. The van der Waals surface area contributed by atoms with Crippen LogP contribution in [0.1, 0.15) is 31.5 Å². The number of pyridine rings is 1. The Morgan fingerprint density at radius 1 is 1.41 bits per heavy atom. The van der Waals surface area contributed by atoms with E-state index in [9.17, 15) is 0 Å². The van der Waals surface area contributed by atoms with E-state index in [-0.39, 0.29) is 12.4 Å². The van der Waals surface area contributed by atoms with Gasteiger partial charge in [-0.05, 0) is 45.4 Å². The molecule has 0 amide bonds. The van der Waals surface area contributed by atoms with Gasteiger partial charge in [-0.15, -0.1) is 12.4 Å². The van der Waals surface area contributed by atoms with Crippen molar-refractivity contribution in [2.75, 3.05) is 13.2 Å². The van der Waals surface area contributed by atoms with Gasteiger partial charge in [-0.25, -0.2) is 0 Å². The monoisotopic (exact) mass is 258 g/mol. The SMILES string of the molecule is Cc1ncccc1CNCCCOC(C)C.Cl. The van der Waals surface area contributed by atoms with Gasteiger partial charge in [0.1, 0.15) is 0 Å². The number of hydrogen-bond acceptors (Lipinski definition) is 3. The second-order valence-electron chi connectivity index (χ2n) is 4.20. The van der Waals surface area contributed by atoms with Gasteiger partial charge in [0, 0.05) is 25.0 Å². The Hall–Kier alpha value is -0.640. The summed E-state index contributed by atoms with van der Waals surface area (Å²) in [4.78, 5) is 4.25. The molecule has 1 heterocycles. The maximum absolute atomic E-state index is 5.47. The lowest BCUT2D eigenvalue weighted by molar-refractivity contribution is 0.0770. The third-order valence-electron chi connectivity index (χ3n) is 2.38. The zero-order chi connectivity index (χ0) is 11.8. The lowest BCUT2D eigenvalue weighted by Crippen LogP contribution is -2.18. The first-order valence-electron chi connectivity index (χ1n) is 5.93. The molecule has 1 rings (SSSR count). The van der Waals surface area contributed by atoms with E-state index in [1.54, 1.807) is 0 Å². The number of rotatable bonds is 7. The number of nitrogens with one attached hydrogen (secondary N) is 1. The minimum Gasteiger partial charge on any atom is -0.379 e. The van der Waals surface area contributed by atoms with Gasteiger partial charge < -0.3 is 10.1 Å². The number of hydrogen-bond donors (Lipinski definition) is 1. The highest BCUT2D eigenvalue weighted by molar-refractivity contribution is 5.85. The number of halogens is 1. The number of ether oxygens (including phenoxy) is 1. The highest BCUT2D eigenvalue weighted by Crippen LogP contribution is 2.02. The average Bonchev–Trinajstić information content (AvgIpc) is 2.25. The van der Waals surface area contributed by atoms with Crippen molar-refractivity contribution in [1.82, 2.24) is 10.3 Å². The summed E-state index contributed by atoms with van der Waals surface area (Å²) in [6.45, 7) is 8.87. The summed E-state index contributed by atoms with van der Waals surface area (Å²) >= 11 is 0. The van der Waals surface area contributed by atoms with Gasteiger partial charge in [-0.1, -0.05) is 6.07 Å². The van der Waals surface area contributed by atoms with Crippen LogP contribution < -0.4 is 5.32 Å². The first-order valence-corrected chi connectivity index (χ1v) is 5.93. The van der Waals surface area contributed by atoms with E-state index in [1.807, 2.05) is 19.2 Å². The van der Waals surface area contributed by atoms with Crippen LogP contribution in [0.2, 0.25) is 0 Å². The van der Waals surface area contributed by atoms with Crippen molar-refractivity contribution in [3.05, 3.63) is 29.6 Å². The fourth-order valence-corrected chi connectivity index (χ4v) is 1.44. The summed E-state index contributed by atoms with van der Waals surface area (Å²) in [5.74, 6) is 0. The Labute approximate surface area is 110 Å². The van der Waals surface area contributed by atoms with Crippen LogP contribution in [0.15, 0.2) is 18.3 Å². The molecule has 0 radical (unpaired) electrons. The highest BCUT2D eigenvalue weighted by Gasteiger charge is 1.97. The third kappa shape index (κ3) is 7.31. The predicted octanol–water partition coefficient (Wildman–Crippen LogP) is 2.72. The Morgan fingerprint density at radius 3 is 2.82 bits per heavy atom. The van der Waals surface area contributed by atoms with E-state index in [1.165, 1.54) is 5.56 Å². The number of nitrogens with zero attached hydrogens (tertiary/aromatic N) is 1. The van der Waals surface area contributed by atoms with Gasteiger partial charge in [-0.2, -0.15) is 0 Å². The zero-order valence-electron chi connectivity index (χ0n) is 10.9. The molecule has 0 bridgehead atoms. The van der Waals surface area contributed by atoms with E-state index >= 15 is 0 Å². The van der Waals surface area contributed by atoms with Crippen molar-refractivity contribution in [1.29, 1.82) is 0 Å². The molecule has 0 saturated carbocycles. The minimum absolute atomic E-state index is 0. The van der Waals surface area contributed by atoms with E-state index in [4.69, 9.17) is 4.74 Å². The molecular weight excluding hydrogens is 236 g/mol. The lowest BCUT2D eigenvalue weighted by Gasteiger charge is -2.09. The molecule has 0 aliphatic heterocycles. The molecular formula is C13H23ClN2O. The number of aromatic nitrogens is 1. The van der Waals surface area contributed by atoms with E-state index in [2.05, 4.69) is 30.2 Å². The average molecular weight is 259 g/mol. The molecule has 1 aromatic rings. The molecule has 0 atom stereocenters. The first-order chi connectivity index (χ1) is 7.70. The van der Waals surface area contributed by atoms with Crippen LogP contribution in [0, 0.1) is 6.92 Å². The largest absolute Gasteiger partial charge is 0.379 e. The maximum Gasteiger partial charge on any atom is 0.0518 e. The topological polar surface area (TPSA) is 34.2 Å². The van der Waals surface area contributed by atoms with Crippen molar-refractivity contribution in [2.24, 2.45) is 0 Å². The molecule has 3 nitrogen and oxygen atoms in total. The Balaban J connectivity index is 0.00000256. The fourth-order valence-electron chi connectivity index (χ4n) is 1.44. The van der Waals surface area contributed by atoms with Crippen molar-refractivity contribution in [3.8, 4) is 0 Å². The lowest BCUT2D eigenvalue weighted by atomic mass is 10.2. The van der Waals surface area contributed by atoms with Crippen LogP contribution in [0.4, 0.5) is 0 Å². The van der Waals surface area contributed by atoms with Crippen molar-refractivity contribution in [2.45, 2.75) is 39.8 Å². The van der Waals surface area contributed by atoms with Gasteiger partial charge in [-0.3, -0.25) is 4.98 Å². The molecule has 0 spiro atoms. The van der Waals surface area contributed by atoms with Crippen LogP contribution in [0.25, 0.3) is 0 Å². The summed E-state index contributed by atoms with van der Waals surface area (Å²) in [7, 11) is 0. The fraction of sp³-hybridized carbons (Fsp3) is 0.615. The van der Waals surface area contributed by atoms with Crippen molar-refractivity contribution < 1.29 is 4.74 Å². The van der Waals surface area contributed by atoms with Gasteiger partial charge in [0.15, 0.2) is 0 Å². The molecule has 0 unspecified atom stereocenters. The predicted molar refractivity (Wildman–Crippen MR) is 73.6 cm³/mol. The summed E-state index contributed by atoms with van der Waals surface area (Å²) in [5.41, 5.74) is 2.38. The molecule has 0 fully saturated rings. The normalized spacial score (nSPS) is 10.4. The molecule has 98 valence electrons. The van der Waals surface area contributed by atoms with Crippen LogP contribution in [-0.4, -0.2) is 24.2 Å². The van der Waals surface area contributed by atoms with Gasteiger partial charge in [0.05, 0.1) is 6.10 Å². The molecule has 1 aromatic heterocycles. The molecule has 0 aromatic carbocycles.